The maximum atomic E-state index is 11.8. The van der Waals surface area contributed by atoms with E-state index in [0.29, 0.717) is 41.0 Å². The standard InChI is InChI=1S/C15H16ClN3O4/c16-11-5-9(6-13-15(11)23-4-3-22-13)12(20)8-17-14(21)7-10-1-2-18-19-10/h1-2,5-6,12,20H,3-4,7-8H2,(H,17,21)(H,18,19). The number of hydrogen-bond donors (Lipinski definition) is 3. The lowest BCUT2D eigenvalue weighted by Gasteiger charge is -2.21. The maximum Gasteiger partial charge on any atom is 0.226 e. The van der Waals surface area contributed by atoms with Gasteiger partial charge >= 0.3 is 0 Å². The van der Waals surface area contributed by atoms with Crippen molar-refractivity contribution < 1.29 is 19.4 Å². The number of ether oxygens (including phenoxy) is 2. The summed E-state index contributed by atoms with van der Waals surface area (Å²) in [6, 6.07) is 5.00. The number of fused-ring (bicyclic) bond motifs is 1. The van der Waals surface area contributed by atoms with Gasteiger partial charge in [0.15, 0.2) is 11.5 Å². The number of hydrogen-bond acceptors (Lipinski definition) is 5. The number of aromatic nitrogens is 2. The lowest BCUT2D eigenvalue weighted by molar-refractivity contribution is -0.120. The Morgan fingerprint density at radius 1 is 1.43 bits per heavy atom. The predicted octanol–water partition coefficient (Wildman–Crippen LogP) is 1.23. The molecule has 0 saturated heterocycles. The number of carbonyl (C=O) groups is 1. The number of amides is 1. The summed E-state index contributed by atoms with van der Waals surface area (Å²) in [5.41, 5.74) is 1.26. The molecule has 0 bridgehead atoms. The molecule has 2 aromatic rings. The number of H-pyrrole nitrogens is 1. The minimum Gasteiger partial charge on any atom is -0.486 e. The zero-order valence-electron chi connectivity index (χ0n) is 12.2. The highest BCUT2D eigenvalue weighted by Crippen LogP contribution is 2.39. The van der Waals surface area contributed by atoms with Gasteiger partial charge < -0.3 is 19.9 Å². The lowest BCUT2D eigenvalue weighted by atomic mass is 10.1. The zero-order chi connectivity index (χ0) is 16.2. The van der Waals surface area contributed by atoms with Gasteiger partial charge in [-0.05, 0) is 23.8 Å². The Hall–Kier alpha value is -2.25. The van der Waals surface area contributed by atoms with E-state index >= 15 is 0 Å². The molecular weight excluding hydrogens is 322 g/mol. The number of aliphatic hydroxyl groups is 1. The second-order valence-corrected chi connectivity index (χ2v) is 5.51. The first kappa shape index (κ1) is 15.6. The van der Waals surface area contributed by atoms with E-state index < -0.39 is 6.10 Å². The topological polar surface area (TPSA) is 96.5 Å². The molecule has 1 atom stereocenters. The SMILES string of the molecule is O=C(Cc1ccn[nH]1)NCC(O)c1cc(Cl)c2c(c1)OCCO2. The Labute approximate surface area is 137 Å². The highest BCUT2D eigenvalue weighted by atomic mass is 35.5. The molecule has 0 fully saturated rings. The third-order valence-electron chi connectivity index (χ3n) is 3.41. The molecule has 0 aliphatic carbocycles. The van der Waals surface area contributed by atoms with E-state index in [1.807, 2.05) is 0 Å². The van der Waals surface area contributed by atoms with Crippen molar-refractivity contribution in [1.82, 2.24) is 15.5 Å². The van der Waals surface area contributed by atoms with E-state index in [-0.39, 0.29) is 18.9 Å². The highest BCUT2D eigenvalue weighted by Gasteiger charge is 2.20. The molecule has 2 heterocycles. The Kier molecular flexibility index (Phi) is 4.68. The summed E-state index contributed by atoms with van der Waals surface area (Å²) in [6.07, 6.45) is 0.859. The summed E-state index contributed by atoms with van der Waals surface area (Å²) in [4.78, 5) is 11.8. The minimum atomic E-state index is -0.894. The Morgan fingerprint density at radius 2 is 2.26 bits per heavy atom. The van der Waals surface area contributed by atoms with Gasteiger partial charge in [0.1, 0.15) is 13.2 Å². The van der Waals surface area contributed by atoms with Crippen LogP contribution in [0.25, 0.3) is 0 Å². The molecule has 0 spiro atoms. The normalized spacial score (nSPS) is 14.3. The Bertz CT molecular complexity index is 690. The van der Waals surface area contributed by atoms with Crippen LogP contribution in [-0.4, -0.2) is 41.0 Å². The van der Waals surface area contributed by atoms with Gasteiger partial charge in [-0.15, -0.1) is 0 Å². The fourth-order valence-corrected chi connectivity index (χ4v) is 2.54. The second-order valence-electron chi connectivity index (χ2n) is 5.11. The summed E-state index contributed by atoms with van der Waals surface area (Å²) >= 11 is 6.13. The number of benzene rings is 1. The van der Waals surface area contributed by atoms with Crippen molar-refractivity contribution >= 4 is 17.5 Å². The van der Waals surface area contributed by atoms with Crippen LogP contribution in [0.15, 0.2) is 24.4 Å². The first-order chi connectivity index (χ1) is 11.1. The highest BCUT2D eigenvalue weighted by molar-refractivity contribution is 6.32. The van der Waals surface area contributed by atoms with E-state index in [2.05, 4.69) is 15.5 Å². The van der Waals surface area contributed by atoms with Crippen molar-refractivity contribution in [2.24, 2.45) is 0 Å². The molecule has 1 aromatic carbocycles. The van der Waals surface area contributed by atoms with Gasteiger partial charge in [-0.2, -0.15) is 5.10 Å². The molecule has 3 rings (SSSR count). The third-order valence-corrected chi connectivity index (χ3v) is 3.69. The number of nitrogens with zero attached hydrogens (tertiary/aromatic N) is 1. The molecule has 1 aromatic heterocycles. The predicted molar refractivity (Wildman–Crippen MR) is 82.7 cm³/mol. The van der Waals surface area contributed by atoms with Crippen molar-refractivity contribution in [2.45, 2.75) is 12.5 Å². The summed E-state index contributed by atoms with van der Waals surface area (Å²) in [5, 5.41) is 19.8. The van der Waals surface area contributed by atoms with E-state index in [4.69, 9.17) is 21.1 Å². The number of carbonyl (C=O) groups excluding carboxylic acids is 1. The van der Waals surface area contributed by atoms with Crippen LogP contribution in [0.1, 0.15) is 17.4 Å². The molecule has 3 N–H and O–H groups in total. The summed E-state index contributed by atoms with van der Waals surface area (Å²) in [7, 11) is 0. The van der Waals surface area contributed by atoms with Gasteiger partial charge in [0, 0.05) is 18.4 Å². The first-order valence-electron chi connectivity index (χ1n) is 7.15. The third kappa shape index (κ3) is 3.75. The van der Waals surface area contributed by atoms with E-state index in [9.17, 15) is 9.90 Å². The molecule has 1 aliphatic heterocycles. The van der Waals surface area contributed by atoms with Gasteiger partial charge in [-0.1, -0.05) is 11.6 Å². The maximum absolute atomic E-state index is 11.8. The Balaban J connectivity index is 1.60. The zero-order valence-corrected chi connectivity index (χ0v) is 13.0. The average molecular weight is 338 g/mol. The van der Waals surface area contributed by atoms with Crippen LogP contribution in [0, 0.1) is 0 Å². The van der Waals surface area contributed by atoms with E-state index in [1.165, 1.54) is 0 Å². The van der Waals surface area contributed by atoms with Gasteiger partial charge in [-0.3, -0.25) is 9.89 Å². The van der Waals surface area contributed by atoms with Crippen molar-refractivity contribution in [3.63, 3.8) is 0 Å². The number of aromatic amines is 1. The van der Waals surface area contributed by atoms with Crippen molar-refractivity contribution in [1.29, 1.82) is 0 Å². The monoisotopic (exact) mass is 337 g/mol. The van der Waals surface area contributed by atoms with Crippen LogP contribution in [0.5, 0.6) is 11.5 Å². The molecule has 8 heteroatoms. The fourth-order valence-electron chi connectivity index (χ4n) is 2.27. The first-order valence-corrected chi connectivity index (χ1v) is 7.53. The van der Waals surface area contributed by atoms with Gasteiger partial charge in [0.2, 0.25) is 5.91 Å². The van der Waals surface area contributed by atoms with Gasteiger partial charge in [-0.25, -0.2) is 0 Å². The second kappa shape index (κ2) is 6.89. The van der Waals surface area contributed by atoms with Crippen LogP contribution in [0.3, 0.4) is 0 Å². The van der Waals surface area contributed by atoms with Crippen LogP contribution < -0.4 is 14.8 Å². The average Bonchev–Trinajstić information content (AvgIpc) is 3.05. The lowest BCUT2D eigenvalue weighted by Crippen LogP contribution is -2.29. The molecule has 7 nitrogen and oxygen atoms in total. The van der Waals surface area contributed by atoms with Crippen LogP contribution in [0.4, 0.5) is 0 Å². The number of aliphatic hydroxyl groups excluding tert-OH is 1. The molecule has 1 aliphatic rings. The number of halogens is 1. The Morgan fingerprint density at radius 3 is 3.04 bits per heavy atom. The molecule has 122 valence electrons. The quantitative estimate of drug-likeness (QED) is 0.762. The summed E-state index contributed by atoms with van der Waals surface area (Å²) in [5.74, 6) is 0.774. The molecule has 0 radical (unpaired) electrons. The summed E-state index contributed by atoms with van der Waals surface area (Å²) in [6.45, 7) is 0.949. The fraction of sp³-hybridized carbons (Fsp3) is 0.333. The molecule has 0 saturated carbocycles. The van der Waals surface area contributed by atoms with E-state index in [1.54, 1.807) is 24.4 Å². The number of nitrogens with one attached hydrogen (secondary N) is 2. The van der Waals surface area contributed by atoms with Crippen molar-refractivity contribution in [2.75, 3.05) is 19.8 Å². The number of rotatable bonds is 5. The smallest absolute Gasteiger partial charge is 0.226 e. The molecular formula is C15H16ClN3O4. The van der Waals surface area contributed by atoms with Crippen LogP contribution >= 0.6 is 11.6 Å². The molecule has 1 amide bonds. The van der Waals surface area contributed by atoms with Gasteiger partial charge in [0.05, 0.1) is 17.5 Å². The van der Waals surface area contributed by atoms with Crippen molar-refractivity contribution in [3.05, 3.63) is 40.7 Å². The largest absolute Gasteiger partial charge is 0.486 e. The van der Waals surface area contributed by atoms with E-state index in [0.717, 1.165) is 0 Å². The molecule has 1 unspecified atom stereocenters. The summed E-state index contributed by atoms with van der Waals surface area (Å²) < 4.78 is 10.9. The van der Waals surface area contributed by atoms with Gasteiger partial charge in [0.25, 0.3) is 0 Å². The minimum absolute atomic E-state index is 0.0724. The molecule has 23 heavy (non-hydrogen) atoms. The van der Waals surface area contributed by atoms with Crippen LogP contribution in [-0.2, 0) is 11.2 Å². The van der Waals surface area contributed by atoms with Crippen LogP contribution in [0.2, 0.25) is 5.02 Å². The van der Waals surface area contributed by atoms with Crippen molar-refractivity contribution in [3.8, 4) is 11.5 Å².